The number of rotatable bonds is 48. The molecule has 0 amide bonds. The number of carbonyl (C=O) groups is 3. The molecule has 6 heteroatoms. The molecule has 3 atom stereocenters. The topological polar surface area (TPSA) is 78.9 Å². The maximum Gasteiger partial charge on any atom is 0.306 e. The van der Waals surface area contributed by atoms with E-state index in [1.807, 2.05) is 0 Å². The van der Waals surface area contributed by atoms with Gasteiger partial charge in [-0.3, -0.25) is 14.4 Å². The second-order valence-corrected chi connectivity index (χ2v) is 19.8. The van der Waals surface area contributed by atoms with Crippen LogP contribution in [0.25, 0.3) is 0 Å². The monoisotopic (exact) mass is 863 g/mol. The van der Waals surface area contributed by atoms with Crippen LogP contribution in [0, 0.1) is 17.8 Å². The summed E-state index contributed by atoms with van der Waals surface area (Å²) in [4.78, 5) is 37.9. The van der Waals surface area contributed by atoms with E-state index >= 15 is 0 Å². The van der Waals surface area contributed by atoms with Crippen molar-refractivity contribution in [3.8, 4) is 0 Å². The summed E-state index contributed by atoms with van der Waals surface area (Å²) in [6.45, 7) is 13.7. The zero-order valence-corrected chi connectivity index (χ0v) is 42.0. The van der Waals surface area contributed by atoms with Crippen LogP contribution in [-0.2, 0) is 28.6 Å². The first-order valence-electron chi connectivity index (χ1n) is 27.2. The number of unbranched alkanes of at least 4 members (excludes halogenated alkanes) is 29. The van der Waals surface area contributed by atoms with Crippen molar-refractivity contribution in [2.24, 2.45) is 17.8 Å². The van der Waals surface area contributed by atoms with Gasteiger partial charge in [0.2, 0.25) is 0 Å². The highest BCUT2D eigenvalue weighted by molar-refractivity contribution is 5.71. The smallest absolute Gasteiger partial charge is 0.306 e. The summed E-state index contributed by atoms with van der Waals surface area (Å²) in [6.07, 6.45) is 46.8. The Kier molecular flexibility index (Phi) is 45.2. The molecule has 0 aliphatic carbocycles. The Morgan fingerprint density at radius 3 is 0.852 bits per heavy atom. The normalized spacial score (nSPS) is 13.0. The SMILES string of the molecule is CCC(C)CCCCCCCCCCCCCCCCCCCCC(=O)O[C@H](COC(=O)CCCCCCCCCCC(C)CC)COC(=O)CCCCCCCCC(C)C. The van der Waals surface area contributed by atoms with E-state index in [9.17, 15) is 14.4 Å². The molecular formula is C55H106O6. The first-order chi connectivity index (χ1) is 29.7. The van der Waals surface area contributed by atoms with E-state index in [2.05, 4.69) is 41.5 Å². The lowest BCUT2D eigenvalue weighted by atomic mass is 9.99. The van der Waals surface area contributed by atoms with Crippen molar-refractivity contribution in [1.29, 1.82) is 0 Å². The maximum absolute atomic E-state index is 12.8. The third-order valence-electron chi connectivity index (χ3n) is 13.1. The molecule has 0 heterocycles. The molecule has 0 bridgehead atoms. The summed E-state index contributed by atoms with van der Waals surface area (Å²) < 4.78 is 16.8. The highest BCUT2D eigenvalue weighted by atomic mass is 16.6. The lowest BCUT2D eigenvalue weighted by molar-refractivity contribution is -0.167. The molecule has 362 valence electrons. The van der Waals surface area contributed by atoms with Crippen molar-refractivity contribution < 1.29 is 28.6 Å². The summed E-state index contributed by atoms with van der Waals surface area (Å²) >= 11 is 0. The largest absolute Gasteiger partial charge is 0.462 e. The summed E-state index contributed by atoms with van der Waals surface area (Å²) in [5.74, 6) is 1.66. The van der Waals surface area contributed by atoms with Crippen LogP contribution in [0.2, 0.25) is 0 Å². The van der Waals surface area contributed by atoms with Crippen molar-refractivity contribution in [2.45, 2.75) is 304 Å². The molecule has 0 aliphatic rings. The molecule has 0 aromatic carbocycles. The average Bonchev–Trinajstić information content (AvgIpc) is 3.24. The molecule has 0 radical (unpaired) electrons. The fourth-order valence-electron chi connectivity index (χ4n) is 8.23. The highest BCUT2D eigenvalue weighted by Crippen LogP contribution is 2.19. The second kappa shape index (κ2) is 46.4. The van der Waals surface area contributed by atoms with Crippen LogP contribution in [0.1, 0.15) is 298 Å². The van der Waals surface area contributed by atoms with E-state index in [1.54, 1.807) is 0 Å². The van der Waals surface area contributed by atoms with Crippen LogP contribution >= 0.6 is 0 Å². The van der Waals surface area contributed by atoms with E-state index in [0.717, 1.165) is 75.5 Å². The molecule has 0 spiro atoms. The Hall–Kier alpha value is -1.59. The van der Waals surface area contributed by atoms with Crippen LogP contribution in [0.15, 0.2) is 0 Å². The molecule has 6 nitrogen and oxygen atoms in total. The molecular weight excluding hydrogens is 757 g/mol. The van der Waals surface area contributed by atoms with Gasteiger partial charge in [0.25, 0.3) is 0 Å². The highest BCUT2D eigenvalue weighted by Gasteiger charge is 2.19. The van der Waals surface area contributed by atoms with Gasteiger partial charge >= 0.3 is 17.9 Å². The third-order valence-corrected chi connectivity index (χ3v) is 13.1. The minimum absolute atomic E-state index is 0.0658. The summed E-state index contributed by atoms with van der Waals surface area (Å²) in [7, 11) is 0. The second-order valence-electron chi connectivity index (χ2n) is 19.8. The Morgan fingerprint density at radius 1 is 0.328 bits per heavy atom. The molecule has 0 saturated carbocycles. The van der Waals surface area contributed by atoms with Gasteiger partial charge in [0.15, 0.2) is 6.10 Å². The first kappa shape index (κ1) is 59.4. The van der Waals surface area contributed by atoms with Crippen LogP contribution in [0.4, 0.5) is 0 Å². The average molecular weight is 863 g/mol. The molecule has 0 aliphatic heterocycles. The molecule has 0 N–H and O–H groups in total. The Morgan fingerprint density at radius 2 is 0.574 bits per heavy atom. The van der Waals surface area contributed by atoms with Crippen molar-refractivity contribution in [3.63, 3.8) is 0 Å². The lowest BCUT2D eigenvalue weighted by Gasteiger charge is -2.18. The summed E-state index contributed by atoms with van der Waals surface area (Å²) in [5.41, 5.74) is 0. The molecule has 0 saturated heterocycles. The van der Waals surface area contributed by atoms with Gasteiger partial charge in [-0.1, -0.05) is 260 Å². The lowest BCUT2D eigenvalue weighted by Crippen LogP contribution is -2.30. The van der Waals surface area contributed by atoms with Crippen LogP contribution in [-0.4, -0.2) is 37.2 Å². The van der Waals surface area contributed by atoms with Gasteiger partial charge in [0, 0.05) is 19.3 Å². The van der Waals surface area contributed by atoms with Gasteiger partial charge in [-0.05, 0) is 37.0 Å². The predicted octanol–water partition coefficient (Wildman–Crippen LogP) is 17.6. The molecule has 0 aromatic rings. The van der Waals surface area contributed by atoms with Gasteiger partial charge < -0.3 is 14.2 Å². The van der Waals surface area contributed by atoms with E-state index in [1.165, 1.54) is 180 Å². The van der Waals surface area contributed by atoms with Gasteiger partial charge in [0.05, 0.1) is 0 Å². The number of hydrogen-bond donors (Lipinski definition) is 0. The summed E-state index contributed by atoms with van der Waals surface area (Å²) in [6, 6.07) is 0. The molecule has 0 fully saturated rings. The van der Waals surface area contributed by atoms with E-state index in [-0.39, 0.29) is 31.1 Å². The third kappa shape index (κ3) is 46.2. The van der Waals surface area contributed by atoms with E-state index in [0.29, 0.717) is 19.3 Å². The van der Waals surface area contributed by atoms with Crippen molar-refractivity contribution in [2.75, 3.05) is 13.2 Å². The van der Waals surface area contributed by atoms with Crippen LogP contribution in [0.5, 0.6) is 0 Å². The fraction of sp³-hybridized carbons (Fsp3) is 0.945. The van der Waals surface area contributed by atoms with Crippen molar-refractivity contribution >= 4 is 17.9 Å². The molecule has 2 unspecified atom stereocenters. The van der Waals surface area contributed by atoms with E-state index < -0.39 is 6.10 Å². The number of carbonyl (C=O) groups excluding carboxylic acids is 3. The Bertz CT molecular complexity index is 949. The molecule has 0 rings (SSSR count). The molecule has 61 heavy (non-hydrogen) atoms. The van der Waals surface area contributed by atoms with Gasteiger partial charge in [-0.15, -0.1) is 0 Å². The maximum atomic E-state index is 12.8. The zero-order chi connectivity index (χ0) is 44.9. The molecule has 0 aromatic heterocycles. The van der Waals surface area contributed by atoms with Gasteiger partial charge in [-0.25, -0.2) is 0 Å². The Labute approximate surface area is 380 Å². The van der Waals surface area contributed by atoms with Crippen molar-refractivity contribution in [3.05, 3.63) is 0 Å². The van der Waals surface area contributed by atoms with E-state index in [4.69, 9.17) is 14.2 Å². The standard InChI is InChI=1S/C55H106O6/c1-7-50(5)42-36-30-23-19-17-15-13-11-9-10-12-14-16-18-20-26-34-40-46-55(58)61-52(48-60-54(57)45-39-33-28-27-29-35-41-49(3)4)47-59-53(56)44-38-32-25-22-21-24-31-37-43-51(6)8-2/h49-52H,7-48H2,1-6H3/t50?,51?,52-/m1/s1. The summed E-state index contributed by atoms with van der Waals surface area (Å²) in [5, 5.41) is 0. The quantitative estimate of drug-likeness (QED) is 0.0344. The van der Waals surface area contributed by atoms with Crippen LogP contribution in [0.3, 0.4) is 0 Å². The predicted molar refractivity (Wildman–Crippen MR) is 261 cm³/mol. The van der Waals surface area contributed by atoms with Gasteiger partial charge in [0.1, 0.15) is 13.2 Å². The Balaban J connectivity index is 4.20. The van der Waals surface area contributed by atoms with Crippen LogP contribution < -0.4 is 0 Å². The van der Waals surface area contributed by atoms with Crippen molar-refractivity contribution in [1.82, 2.24) is 0 Å². The minimum atomic E-state index is -0.763. The number of hydrogen-bond acceptors (Lipinski definition) is 6. The zero-order valence-electron chi connectivity index (χ0n) is 42.0. The minimum Gasteiger partial charge on any atom is -0.462 e. The number of ether oxygens (including phenoxy) is 3. The fourth-order valence-corrected chi connectivity index (χ4v) is 8.23. The first-order valence-corrected chi connectivity index (χ1v) is 27.2. The number of esters is 3. The van der Waals surface area contributed by atoms with Gasteiger partial charge in [-0.2, -0.15) is 0 Å².